The molecule has 1 aromatic heterocycles. The number of aryl methyl sites for hydroxylation is 1. The van der Waals surface area contributed by atoms with Crippen molar-refractivity contribution in [3.05, 3.63) is 48.2 Å². The highest BCUT2D eigenvalue weighted by Crippen LogP contribution is 2.27. The lowest BCUT2D eigenvalue weighted by Crippen LogP contribution is -2.30. The van der Waals surface area contributed by atoms with Gasteiger partial charge in [0.2, 0.25) is 0 Å². The fraction of sp³-hybridized carbons (Fsp3) is 0.435. The van der Waals surface area contributed by atoms with Gasteiger partial charge in [0.15, 0.2) is 5.41 Å². The molecule has 0 saturated heterocycles. The number of aromatic nitrogens is 1. The second kappa shape index (κ2) is 9.87. The number of nitriles is 1. The lowest BCUT2D eigenvalue weighted by Gasteiger charge is -2.18. The van der Waals surface area contributed by atoms with Crippen LogP contribution in [0.3, 0.4) is 0 Å². The number of unbranched alkanes of at least 4 members (excludes halogenated alkanes) is 2. The Bertz CT molecular complexity index is 776. The lowest BCUT2D eigenvalue weighted by atomic mass is 9.87. The van der Waals surface area contributed by atoms with Crippen LogP contribution in [0, 0.1) is 16.7 Å². The third-order valence-corrected chi connectivity index (χ3v) is 4.70. The highest BCUT2D eigenvalue weighted by Gasteiger charge is 2.34. The van der Waals surface area contributed by atoms with E-state index < -0.39 is 11.4 Å². The van der Waals surface area contributed by atoms with Crippen molar-refractivity contribution >= 4 is 5.97 Å². The molecule has 4 heteroatoms. The average Bonchev–Trinajstić information content (AvgIpc) is 2.69. The number of hydrogen-bond acceptors (Lipinski definition) is 4. The van der Waals surface area contributed by atoms with Gasteiger partial charge in [-0.2, -0.15) is 5.26 Å². The van der Waals surface area contributed by atoms with Crippen LogP contribution in [0.4, 0.5) is 0 Å². The first-order chi connectivity index (χ1) is 13.0. The number of nitrogens with zero attached hydrogens (tertiary/aromatic N) is 2. The summed E-state index contributed by atoms with van der Waals surface area (Å²) in [5.41, 5.74) is 2.00. The molecule has 4 nitrogen and oxygen atoms in total. The number of esters is 1. The SMILES string of the molecule is CCCCCc1ccc(-c2ccc(OC(=O)C(C)(C#N)CCC)cc2)nc1. The van der Waals surface area contributed by atoms with Crippen molar-refractivity contribution in [1.82, 2.24) is 4.98 Å². The third-order valence-electron chi connectivity index (χ3n) is 4.70. The van der Waals surface area contributed by atoms with Gasteiger partial charge in [0.05, 0.1) is 11.8 Å². The van der Waals surface area contributed by atoms with Crippen LogP contribution in [-0.4, -0.2) is 11.0 Å². The average molecular weight is 364 g/mol. The van der Waals surface area contributed by atoms with E-state index in [1.807, 2.05) is 31.3 Å². The van der Waals surface area contributed by atoms with Crippen LogP contribution >= 0.6 is 0 Å². The van der Waals surface area contributed by atoms with Crippen LogP contribution in [0.5, 0.6) is 5.75 Å². The Hall–Kier alpha value is -2.67. The summed E-state index contributed by atoms with van der Waals surface area (Å²) in [5.74, 6) is -0.0633. The van der Waals surface area contributed by atoms with Crippen molar-refractivity contribution in [3.63, 3.8) is 0 Å². The molecule has 1 unspecified atom stereocenters. The van der Waals surface area contributed by atoms with Crippen molar-refractivity contribution in [2.75, 3.05) is 0 Å². The molecule has 0 aliphatic heterocycles. The Morgan fingerprint density at radius 2 is 1.85 bits per heavy atom. The Morgan fingerprint density at radius 3 is 2.41 bits per heavy atom. The highest BCUT2D eigenvalue weighted by molar-refractivity contribution is 5.81. The Kier molecular flexibility index (Phi) is 7.55. The number of benzene rings is 1. The normalized spacial score (nSPS) is 12.8. The molecular weight excluding hydrogens is 336 g/mol. The minimum Gasteiger partial charge on any atom is -0.425 e. The van der Waals surface area contributed by atoms with Crippen molar-refractivity contribution in [1.29, 1.82) is 5.26 Å². The molecule has 0 aliphatic carbocycles. The van der Waals surface area contributed by atoms with E-state index in [0.29, 0.717) is 12.2 Å². The van der Waals surface area contributed by atoms with Crippen LogP contribution in [0.15, 0.2) is 42.6 Å². The fourth-order valence-corrected chi connectivity index (χ4v) is 2.94. The van der Waals surface area contributed by atoms with Crippen LogP contribution in [0.2, 0.25) is 0 Å². The number of ether oxygens (including phenoxy) is 1. The number of carbonyl (C=O) groups is 1. The van der Waals surface area contributed by atoms with Gasteiger partial charge in [-0.3, -0.25) is 4.98 Å². The minimum absolute atomic E-state index is 0.442. The summed E-state index contributed by atoms with van der Waals surface area (Å²) in [6.07, 6.45) is 7.87. The Morgan fingerprint density at radius 1 is 1.11 bits per heavy atom. The van der Waals surface area contributed by atoms with E-state index in [-0.39, 0.29) is 0 Å². The van der Waals surface area contributed by atoms with Gasteiger partial charge in [-0.25, -0.2) is 4.79 Å². The van der Waals surface area contributed by atoms with E-state index in [9.17, 15) is 10.1 Å². The molecule has 0 amide bonds. The molecule has 0 bridgehead atoms. The molecule has 1 atom stereocenters. The zero-order chi connectivity index (χ0) is 19.7. The standard InChI is InChI=1S/C23H28N2O2/c1-4-6-7-8-18-9-14-21(25-16-18)19-10-12-20(13-11-19)27-22(26)23(3,17-24)15-5-2/h9-14,16H,4-8,15H2,1-3H3. The first kappa shape index (κ1) is 20.6. The van der Waals surface area contributed by atoms with Gasteiger partial charge in [0, 0.05) is 11.8 Å². The Balaban J connectivity index is 2.02. The van der Waals surface area contributed by atoms with E-state index in [0.717, 1.165) is 24.1 Å². The molecule has 0 aliphatic rings. The fourth-order valence-electron chi connectivity index (χ4n) is 2.94. The zero-order valence-corrected chi connectivity index (χ0v) is 16.5. The van der Waals surface area contributed by atoms with Crippen LogP contribution < -0.4 is 4.74 Å². The third kappa shape index (κ3) is 5.65. The van der Waals surface area contributed by atoms with E-state index in [2.05, 4.69) is 24.0 Å². The number of carbonyl (C=O) groups excluding carboxylic acids is 1. The molecule has 0 spiro atoms. The summed E-state index contributed by atoms with van der Waals surface area (Å²) < 4.78 is 5.41. The smallest absolute Gasteiger partial charge is 0.331 e. The molecular formula is C23H28N2O2. The van der Waals surface area contributed by atoms with E-state index in [4.69, 9.17) is 4.74 Å². The monoisotopic (exact) mass is 364 g/mol. The van der Waals surface area contributed by atoms with E-state index in [1.165, 1.54) is 24.8 Å². The molecule has 27 heavy (non-hydrogen) atoms. The van der Waals surface area contributed by atoms with E-state index >= 15 is 0 Å². The lowest BCUT2D eigenvalue weighted by molar-refractivity contribution is -0.142. The second-order valence-corrected chi connectivity index (χ2v) is 7.12. The highest BCUT2D eigenvalue weighted by atomic mass is 16.5. The summed E-state index contributed by atoms with van der Waals surface area (Å²) in [7, 11) is 0. The first-order valence-corrected chi connectivity index (χ1v) is 9.71. The molecule has 1 aromatic carbocycles. The topological polar surface area (TPSA) is 63.0 Å². The summed E-state index contributed by atoms with van der Waals surface area (Å²) in [5, 5.41) is 9.29. The molecule has 2 rings (SSSR count). The van der Waals surface area contributed by atoms with Crippen LogP contribution in [-0.2, 0) is 11.2 Å². The van der Waals surface area contributed by atoms with Gasteiger partial charge in [-0.1, -0.05) is 39.2 Å². The predicted molar refractivity (Wildman–Crippen MR) is 107 cm³/mol. The van der Waals surface area contributed by atoms with Crippen molar-refractivity contribution in [2.45, 2.75) is 59.3 Å². The van der Waals surface area contributed by atoms with E-state index in [1.54, 1.807) is 19.1 Å². The number of hydrogen-bond donors (Lipinski definition) is 0. The molecule has 0 saturated carbocycles. The van der Waals surface area contributed by atoms with Crippen LogP contribution in [0.25, 0.3) is 11.3 Å². The maximum Gasteiger partial charge on any atom is 0.331 e. The van der Waals surface area contributed by atoms with Crippen molar-refractivity contribution in [3.8, 4) is 23.1 Å². The molecule has 2 aromatic rings. The zero-order valence-electron chi connectivity index (χ0n) is 16.5. The second-order valence-electron chi connectivity index (χ2n) is 7.12. The maximum atomic E-state index is 12.3. The molecule has 0 radical (unpaired) electrons. The summed E-state index contributed by atoms with van der Waals surface area (Å²) in [6.45, 7) is 5.77. The minimum atomic E-state index is -1.11. The summed E-state index contributed by atoms with van der Waals surface area (Å²) >= 11 is 0. The summed E-state index contributed by atoms with van der Waals surface area (Å²) in [4.78, 5) is 16.8. The predicted octanol–water partition coefficient (Wildman–Crippen LogP) is 5.72. The Labute approximate surface area is 162 Å². The molecule has 1 heterocycles. The van der Waals surface area contributed by atoms with Gasteiger partial charge in [-0.15, -0.1) is 0 Å². The van der Waals surface area contributed by atoms with Gasteiger partial charge in [-0.05, 0) is 62.1 Å². The quantitative estimate of drug-likeness (QED) is 0.324. The van der Waals surface area contributed by atoms with Crippen molar-refractivity contribution in [2.24, 2.45) is 5.41 Å². The number of rotatable bonds is 9. The molecule has 142 valence electrons. The largest absolute Gasteiger partial charge is 0.425 e. The maximum absolute atomic E-state index is 12.3. The first-order valence-electron chi connectivity index (χ1n) is 9.71. The van der Waals surface area contributed by atoms with Gasteiger partial charge in [0.25, 0.3) is 0 Å². The molecule has 0 N–H and O–H groups in total. The van der Waals surface area contributed by atoms with Gasteiger partial charge in [0.1, 0.15) is 5.75 Å². The van der Waals surface area contributed by atoms with Gasteiger partial charge >= 0.3 is 5.97 Å². The summed E-state index contributed by atoms with van der Waals surface area (Å²) in [6, 6.07) is 13.5. The van der Waals surface area contributed by atoms with Crippen molar-refractivity contribution < 1.29 is 9.53 Å². The number of pyridine rings is 1. The van der Waals surface area contributed by atoms with Crippen LogP contribution in [0.1, 0.15) is 58.4 Å². The molecule has 0 fully saturated rings. The van der Waals surface area contributed by atoms with Gasteiger partial charge < -0.3 is 4.74 Å².